The van der Waals surface area contributed by atoms with Crippen LogP contribution in [0.25, 0.3) is 0 Å². The fourth-order valence-electron chi connectivity index (χ4n) is 4.03. The van der Waals surface area contributed by atoms with Crippen molar-refractivity contribution in [2.24, 2.45) is 18.0 Å². The number of aliphatic imine (C=N–C) groups is 1. The molecule has 1 aromatic heterocycles. The van der Waals surface area contributed by atoms with Crippen LogP contribution in [0.3, 0.4) is 0 Å². The van der Waals surface area contributed by atoms with Crippen LogP contribution in [0.2, 0.25) is 5.02 Å². The fourth-order valence-corrected chi connectivity index (χ4v) is 4.22. The van der Waals surface area contributed by atoms with Gasteiger partial charge in [0, 0.05) is 50.4 Å². The van der Waals surface area contributed by atoms with Crippen LogP contribution in [-0.2, 0) is 13.5 Å². The van der Waals surface area contributed by atoms with E-state index in [0.717, 1.165) is 36.9 Å². The molecule has 7 heteroatoms. The van der Waals surface area contributed by atoms with Gasteiger partial charge in [-0.1, -0.05) is 23.7 Å². The molecule has 146 valence electrons. The van der Waals surface area contributed by atoms with E-state index in [1.807, 2.05) is 37.1 Å². The summed E-state index contributed by atoms with van der Waals surface area (Å²) >= 11 is 6.13. The first kappa shape index (κ1) is 20.5. The van der Waals surface area contributed by atoms with E-state index in [1.54, 1.807) is 0 Å². The normalized spacial score (nSPS) is 24.6. The van der Waals surface area contributed by atoms with E-state index in [0.29, 0.717) is 17.9 Å². The Kier molecular flexibility index (Phi) is 6.68. The van der Waals surface area contributed by atoms with Crippen molar-refractivity contribution < 1.29 is 0 Å². The highest BCUT2D eigenvalue weighted by molar-refractivity contribution is 14.0. The minimum absolute atomic E-state index is 0. The van der Waals surface area contributed by atoms with Crippen molar-refractivity contribution >= 4 is 41.5 Å². The minimum atomic E-state index is 0. The first-order valence-electron chi connectivity index (χ1n) is 9.33. The molecule has 0 radical (unpaired) electrons. The molecule has 1 saturated carbocycles. The zero-order chi connectivity index (χ0) is 18.1. The molecule has 3 unspecified atom stereocenters. The number of guanidine groups is 1. The summed E-state index contributed by atoms with van der Waals surface area (Å²) in [4.78, 5) is 6.93. The number of hydrogen-bond donors (Lipinski definition) is 1. The molecule has 3 atom stereocenters. The molecule has 0 spiro atoms. The number of hydrogen-bond acceptors (Lipinski definition) is 2. The second-order valence-corrected chi connectivity index (χ2v) is 7.96. The average Bonchev–Trinajstić information content (AvgIpc) is 3.04. The SMILES string of the molecule is CN=C(NC1CC1c1cccc(Cl)c1)N1CCC(Cc2cnn(C)c2)C1.I. The molecule has 1 aliphatic heterocycles. The molecule has 4 rings (SSSR count). The Morgan fingerprint density at radius 2 is 2.26 bits per heavy atom. The van der Waals surface area contributed by atoms with Gasteiger partial charge in [0.15, 0.2) is 5.96 Å². The lowest BCUT2D eigenvalue weighted by Gasteiger charge is -2.22. The highest BCUT2D eigenvalue weighted by Crippen LogP contribution is 2.41. The standard InChI is InChI=1S/C20H26ClN5.HI/c1-22-20(24-19-10-18(19)16-4-3-5-17(21)9-16)26-7-6-14(13-26)8-15-11-23-25(2)12-15;/h3-5,9,11-12,14,18-19H,6-8,10,13H2,1-2H3,(H,22,24);1H. The molecule has 1 aromatic carbocycles. The van der Waals surface area contributed by atoms with Gasteiger partial charge in [0.05, 0.1) is 6.20 Å². The summed E-state index contributed by atoms with van der Waals surface area (Å²) in [6.45, 7) is 2.13. The number of nitrogens with zero attached hydrogens (tertiary/aromatic N) is 4. The molecular weight excluding hydrogens is 473 g/mol. The predicted octanol–water partition coefficient (Wildman–Crippen LogP) is 3.69. The summed E-state index contributed by atoms with van der Waals surface area (Å²) in [5.41, 5.74) is 2.65. The van der Waals surface area contributed by atoms with Crippen molar-refractivity contribution in [3.63, 3.8) is 0 Å². The van der Waals surface area contributed by atoms with Crippen molar-refractivity contribution in [1.29, 1.82) is 0 Å². The lowest BCUT2D eigenvalue weighted by molar-refractivity contribution is 0.459. The van der Waals surface area contributed by atoms with Gasteiger partial charge >= 0.3 is 0 Å². The van der Waals surface area contributed by atoms with E-state index in [2.05, 4.69) is 38.6 Å². The quantitative estimate of drug-likeness (QED) is 0.396. The van der Waals surface area contributed by atoms with E-state index in [4.69, 9.17) is 11.6 Å². The zero-order valence-electron chi connectivity index (χ0n) is 15.8. The summed E-state index contributed by atoms with van der Waals surface area (Å²) in [7, 11) is 3.86. The van der Waals surface area contributed by atoms with E-state index in [1.165, 1.54) is 17.5 Å². The van der Waals surface area contributed by atoms with E-state index in [9.17, 15) is 0 Å². The smallest absolute Gasteiger partial charge is 0.193 e. The van der Waals surface area contributed by atoms with Crippen LogP contribution >= 0.6 is 35.6 Å². The third-order valence-electron chi connectivity index (χ3n) is 5.46. The Morgan fingerprint density at radius 3 is 2.96 bits per heavy atom. The number of aryl methyl sites for hydroxylation is 1. The second kappa shape index (κ2) is 8.82. The van der Waals surface area contributed by atoms with Crippen LogP contribution in [0, 0.1) is 5.92 Å². The number of halogens is 2. The van der Waals surface area contributed by atoms with Gasteiger partial charge < -0.3 is 10.2 Å². The summed E-state index contributed by atoms with van der Waals surface area (Å²) in [5.74, 6) is 2.24. The third-order valence-corrected chi connectivity index (χ3v) is 5.70. The highest BCUT2D eigenvalue weighted by atomic mass is 127. The van der Waals surface area contributed by atoms with Crippen LogP contribution in [0.5, 0.6) is 0 Å². The average molecular weight is 500 g/mol. The Hall–Kier alpha value is -1.28. The van der Waals surface area contributed by atoms with Gasteiger partial charge in [-0.05, 0) is 48.4 Å². The first-order valence-corrected chi connectivity index (χ1v) is 9.71. The molecule has 2 aliphatic rings. The van der Waals surface area contributed by atoms with Crippen molar-refractivity contribution in [2.45, 2.75) is 31.2 Å². The van der Waals surface area contributed by atoms with Gasteiger partial charge in [-0.25, -0.2) is 0 Å². The van der Waals surface area contributed by atoms with Crippen molar-refractivity contribution in [3.05, 3.63) is 52.8 Å². The number of likely N-dealkylation sites (tertiary alicyclic amines) is 1. The van der Waals surface area contributed by atoms with Crippen molar-refractivity contribution in [1.82, 2.24) is 20.0 Å². The second-order valence-electron chi connectivity index (χ2n) is 7.52. The zero-order valence-corrected chi connectivity index (χ0v) is 18.9. The summed E-state index contributed by atoms with van der Waals surface area (Å²) < 4.78 is 1.88. The summed E-state index contributed by atoms with van der Waals surface area (Å²) in [6.07, 6.45) is 7.55. The van der Waals surface area contributed by atoms with Crippen LogP contribution in [0.15, 0.2) is 41.7 Å². The van der Waals surface area contributed by atoms with Crippen LogP contribution in [0.1, 0.15) is 29.9 Å². The van der Waals surface area contributed by atoms with Gasteiger partial charge in [0.25, 0.3) is 0 Å². The van der Waals surface area contributed by atoms with E-state index in [-0.39, 0.29) is 24.0 Å². The van der Waals surface area contributed by atoms with E-state index >= 15 is 0 Å². The minimum Gasteiger partial charge on any atom is -0.353 e. The molecule has 0 bridgehead atoms. The maximum atomic E-state index is 6.13. The largest absolute Gasteiger partial charge is 0.353 e. The van der Waals surface area contributed by atoms with E-state index < -0.39 is 0 Å². The van der Waals surface area contributed by atoms with Gasteiger partial charge in [0.2, 0.25) is 0 Å². The van der Waals surface area contributed by atoms with Crippen LogP contribution in [-0.4, -0.2) is 46.8 Å². The Labute approximate surface area is 183 Å². The molecule has 1 N–H and O–H groups in total. The topological polar surface area (TPSA) is 45.5 Å². The number of nitrogens with one attached hydrogen (secondary N) is 1. The van der Waals surface area contributed by atoms with Gasteiger partial charge in [-0.2, -0.15) is 5.10 Å². The summed E-state index contributed by atoms with van der Waals surface area (Å²) in [5, 5.41) is 8.75. The molecule has 1 aliphatic carbocycles. The molecule has 1 saturated heterocycles. The maximum absolute atomic E-state index is 6.13. The van der Waals surface area contributed by atoms with Crippen molar-refractivity contribution in [2.75, 3.05) is 20.1 Å². The molecular formula is C20H27ClIN5. The first-order chi connectivity index (χ1) is 12.6. The Morgan fingerprint density at radius 1 is 1.41 bits per heavy atom. The van der Waals surface area contributed by atoms with Crippen LogP contribution in [0.4, 0.5) is 0 Å². The summed E-state index contributed by atoms with van der Waals surface area (Å²) in [6, 6.07) is 8.67. The van der Waals surface area contributed by atoms with Crippen molar-refractivity contribution in [3.8, 4) is 0 Å². The van der Waals surface area contributed by atoms with Gasteiger partial charge in [0.1, 0.15) is 0 Å². The predicted molar refractivity (Wildman–Crippen MR) is 121 cm³/mol. The molecule has 5 nitrogen and oxygen atoms in total. The molecule has 2 aromatic rings. The third kappa shape index (κ3) is 4.96. The van der Waals surface area contributed by atoms with Crippen LogP contribution < -0.4 is 5.32 Å². The number of rotatable bonds is 4. The molecule has 0 amide bonds. The molecule has 27 heavy (non-hydrogen) atoms. The van der Waals surface area contributed by atoms with Gasteiger partial charge in [-0.3, -0.25) is 9.67 Å². The monoisotopic (exact) mass is 499 g/mol. The number of benzene rings is 1. The Bertz CT molecular complexity index is 805. The lowest BCUT2D eigenvalue weighted by atomic mass is 10.0. The fraction of sp³-hybridized carbons (Fsp3) is 0.500. The Balaban J connectivity index is 0.00000210. The maximum Gasteiger partial charge on any atom is 0.193 e. The molecule has 2 heterocycles. The molecule has 2 fully saturated rings. The van der Waals surface area contributed by atoms with Gasteiger partial charge in [-0.15, -0.1) is 24.0 Å². The lowest BCUT2D eigenvalue weighted by Crippen LogP contribution is -2.41. The highest BCUT2D eigenvalue weighted by Gasteiger charge is 2.40. The number of aromatic nitrogens is 2.